The molecule has 0 bridgehead atoms. The van der Waals surface area contributed by atoms with Crippen molar-refractivity contribution in [3.05, 3.63) is 0 Å². The van der Waals surface area contributed by atoms with Gasteiger partial charge in [0.15, 0.2) is 0 Å². The third-order valence-electron chi connectivity index (χ3n) is 3.94. The minimum absolute atomic E-state index is 0.530. The largest absolute Gasteiger partial charge is 0.330 e. The third kappa shape index (κ3) is 14.0. The highest BCUT2D eigenvalue weighted by atomic mass is 32.2. The Morgan fingerprint density at radius 1 is 0.960 bits per heavy atom. The van der Waals surface area contributed by atoms with Gasteiger partial charge in [-0.3, -0.25) is 0 Å². The standard InChI is InChI=1S/C17H38N4S4/c18-4-12-22-9-3-11-25-17(14-19)16-15-24-10-2-8-23-13-7-20-5-1-6-21-16/h16-17,20-21H,1-15,18-19H2. The number of nitrogens with two attached hydrogens (primary N) is 2. The second kappa shape index (κ2) is 18.6. The fourth-order valence-electron chi connectivity index (χ4n) is 2.57. The van der Waals surface area contributed by atoms with Crippen molar-refractivity contribution >= 4 is 47.0 Å². The van der Waals surface area contributed by atoms with E-state index >= 15 is 0 Å². The van der Waals surface area contributed by atoms with Crippen molar-refractivity contribution in [3.63, 3.8) is 0 Å². The molecule has 0 amide bonds. The number of hydrogen-bond acceptors (Lipinski definition) is 8. The average Bonchev–Trinajstić information content (AvgIpc) is 2.63. The molecule has 1 aliphatic heterocycles. The Labute approximate surface area is 172 Å². The molecule has 150 valence electrons. The summed E-state index contributed by atoms with van der Waals surface area (Å²) in [6.45, 7) is 4.92. The van der Waals surface area contributed by atoms with Gasteiger partial charge in [-0.05, 0) is 55.4 Å². The van der Waals surface area contributed by atoms with Gasteiger partial charge in [0.05, 0.1) is 0 Å². The van der Waals surface area contributed by atoms with Crippen LogP contribution in [0.5, 0.6) is 0 Å². The molecule has 2 unspecified atom stereocenters. The lowest BCUT2D eigenvalue weighted by Gasteiger charge is -2.27. The maximum atomic E-state index is 6.12. The Balaban J connectivity index is 2.32. The van der Waals surface area contributed by atoms with E-state index in [1.165, 1.54) is 53.8 Å². The van der Waals surface area contributed by atoms with Crippen molar-refractivity contribution in [1.29, 1.82) is 0 Å². The van der Waals surface area contributed by atoms with Crippen molar-refractivity contribution in [2.24, 2.45) is 11.5 Å². The van der Waals surface area contributed by atoms with E-state index in [-0.39, 0.29) is 0 Å². The molecule has 8 heteroatoms. The number of nitrogens with one attached hydrogen (secondary N) is 2. The summed E-state index contributed by atoms with van der Waals surface area (Å²) < 4.78 is 0. The first kappa shape index (κ1) is 24.3. The Bertz CT molecular complexity index is 273. The molecule has 0 saturated carbocycles. The molecule has 25 heavy (non-hydrogen) atoms. The summed E-state index contributed by atoms with van der Waals surface area (Å²) in [6.07, 6.45) is 3.78. The van der Waals surface area contributed by atoms with E-state index < -0.39 is 0 Å². The Hall–Kier alpha value is 1.24. The maximum Gasteiger partial charge on any atom is 0.0331 e. The second-order valence-corrected chi connectivity index (χ2v) is 11.1. The SMILES string of the molecule is NCCSCCCSC(CN)C1CSCCCSCCNCCCN1. The van der Waals surface area contributed by atoms with Gasteiger partial charge in [0.1, 0.15) is 0 Å². The van der Waals surface area contributed by atoms with E-state index in [0.717, 1.165) is 38.5 Å². The average molecular weight is 427 g/mol. The summed E-state index contributed by atoms with van der Waals surface area (Å²) in [4.78, 5) is 0. The van der Waals surface area contributed by atoms with Gasteiger partial charge in [-0.25, -0.2) is 0 Å². The van der Waals surface area contributed by atoms with Gasteiger partial charge < -0.3 is 22.1 Å². The Kier molecular flexibility index (Phi) is 18.1. The van der Waals surface area contributed by atoms with E-state index in [1.807, 2.05) is 11.8 Å². The van der Waals surface area contributed by atoms with Crippen LogP contribution in [0.2, 0.25) is 0 Å². The first-order valence-corrected chi connectivity index (χ1v) is 14.1. The predicted octanol–water partition coefficient (Wildman–Crippen LogP) is 1.94. The van der Waals surface area contributed by atoms with E-state index in [0.29, 0.717) is 11.3 Å². The zero-order valence-electron chi connectivity index (χ0n) is 15.5. The summed E-state index contributed by atoms with van der Waals surface area (Å²) in [5, 5.41) is 7.88. The summed E-state index contributed by atoms with van der Waals surface area (Å²) >= 11 is 8.22. The minimum Gasteiger partial charge on any atom is -0.330 e. The number of rotatable bonds is 9. The molecule has 4 nitrogen and oxygen atoms in total. The molecule has 0 radical (unpaired) electrons. The molecule has 1 aliphatic rings. The highest BCUT2D eigenvalue weighted by Crippen LogP contribution is 2.20. The van der Waals surface area contributed by atoms with Gasteiger partial charge in [-0.1, -0.05) is 0 Å². The quantitative estimate of drug-likeness (QED) is 0.417. The second-order valence-electron chi connectivity index (χ2n) is 6.10. The lowest BCUT2D eigenvalue weighted by molar-refractivity contribution is 0.517. The molecule has 0 aromatic heterocycles. The van der Waals surface area contributed by atoms with E-state index in [9.17, 15) is 0 Å². The predicted molar refractivity (Wildman–Crippen MR) is 125 cm³/mol. The zero-order chi connectivity index (χ0) is 18.0. The highest BCUT2D eigenvalue weighted by Gasteiger charge is 2.20. The van der Waals surface area contributed by atoms with Gasteiger partial charge in [0.2, 0.25) is 0 Å². The van der Waals surface area contributed by atoms with Crippen LogP contribution in [0.3, 0.4) is 0 Å². The fraction of sp³-hybridized carbons (Fsp3) is 1.00. The number of hydrogen-bond donors (Lipinski definition) is 4. The smallest absolute Gasteiger partial charge is 0.0331 e. The van der Waals surface area contributed by atoms with Crippen LogP contribution in [0.1, 0.15) is 19.3 Å². The molecule has 1 fully saturated rings. The highest BCUT2D eigenvalue weighted by molar-refractivity contribution is 8.01. The van der Waals surface area contributed by atoms with Gasteiger partial charge in [-0.15, -0.1) is 0 Å². The molecule has 6 N–H and O–H groups in total. The van der Waals surface area contributed by atoms with Crippen LogP contribution in [0.15, 0.2) is 0 Å². The van der Waals surface area contributed by atoms with Crippen molar-refractivity contribution in [3.8, 4) is 0 Å². The van der Waals surface area contributed by atoms with Crippen LogP contribution < -0.4 is 22.1 Å². The lowest BCUT2D eigenvalue weighted by Crippen LogP contribution is -2.45. The van der Waals surface area contributed by atoms with Gasteiger partial charge in [-0.2, -0.15) is 47.0 Å². The van der Waals surface area contributed by atoms with Gasteiger partial charge in [0.25, 0.3) is 0 Å². The Morgan fingerprint density at radius 2 is 1.84 bits per heavy atom. The van der Waals surface area contributed by atoms with Crippen molar-refractivity contribution < 1.29 is 0 Å². The minimum atomic E-state index is 0.530. The maximum absolute atomic E-state index is 6.12. The van der Waals surface area contributed by atoms with Crippen LogP contribution in [0.4, 0.5) is 0 Å². The topological polar surface area (TPSA) is 76.1 Å². The van der Waals surface area contributed by atoms with Crippen LogP contribution in [-0.2, 0) is 0 Å². The summed E-state index contributed by atoms with van der Waals surface area (Å²) in [5.74, 6) is 8.51. The van der Waals surface area contributed by atoms with E-state index in [1.54, 1.807) is 0 Å². The molecule has 1 rings (SSSR count). The first-order valence-electron chi connectivity index (χ1n) is 9.57. The van der Waals surface area contributed by atoms with Crippen LogP contribution in [0.25, 0.3) is 0 Å². The lowest BCUT2D eigenvalue weighted by atomic mass is 10.2. The molecule has 2 atom stereocenters. The van der Waals surface area contributed by atoms with Crippen molar-refractivity contribution in [2.75, 3.05) is 73.0 Å². The summed E-state index contributed by atoms with van der Waals surface area (Å²) in [6, 6.07) is 0.535. The molecule has 1 saturated heterocycles. The normalized spacial score (nSPS) is 23.0. The monoisotopic (exact) mass is 426 g/mol. The molecule has 0 aromatic carbocycles. The van der Waals surface area contributed by atoms with Crippen LogP contribution in [0, 0.1) is 0 Å². The van der Waals surface area contributed by atoms with Crippen LogP contribution >= 0.6 is 47.0 Å². The summed E-state index contributed by atoms with van der Waals surface area (Å²) in [5.41, 5.74) is 11.7. The molecular formula is C17H38N4S4. The van der Waals surface area contributed by atoms with E-state index in [4.69, 9.17) is 11.5 Å². The van der Waals surface area contributed by atoms with E-state index in [2.05, 4.69) is 45.9 Å². The van der Waals surface area contributed by atoms with Crippen molar-refractivity contribution in [1.82, 2.24) is 10.6 Å². The molecule has 0 aliphatic carbocycles. The van der Waals surface area contributed by atoms with Crippen LogP contribution in [-0.4, -0.2) is 84.3 Å². The Morgan fingerprint density at radius 3 is 2.68 bits per heavy atom. The van der Waals surface area contributed by atoms with Crippen molar-refractivity contribution in [2.45, 2.75) is 30.6 Å². The summed E-state index contributed by atoms with van der Waals surface area (Å²) in [7, 11) is 0. The molecular weight excluding hydrogens is 388 g/mol. The third-order valence-corrected chi connectivity index (χ3v) is 8.76. The fourth-order valence-corrected chi connectivity index (χ4v) is 6.91. The number of thioether (sulfide) groups is 4. The molecule has 1 heterocycles. The van der Waals surface area contributed by atoms with Gasteiger partial charge >= 0.3 is 0 Å². The van der Waals surface area contributed by atoms with Gasteiger partial charge in [0, 0.05) is 48.2 Å². The zero-order valence-corrected chi connectivity index (χ0v) is 18.8. The molecule has 0 aromatic rings. The molecule has 0 spiro atoms. The first-order chi connectivity index (χ1) is 12.4.